The average molecular weight is 195 g/mol. The highest BCUT2D eigenvalue weighted by molar-refractivity contribution is 4.89. The van der Waals surface area contributed by atoms with Gasteiger partial charge in [-0.05, 0) is 31.2 Å². The molecule has 1 heterocycles. The number of rotatable bonds is 2. The topological polar surface area (TPSA) is 3.24 Å². The van der Waals surface area contributed by atoms with Crippen molar-refractivity contribution in [3.63, 3.8) is 0 Å². The van der Waals surface area contributed by atoms with Crippen LogP contribution in [0.2, 0.25) is 0 Å². The SMILES string of the molecule is CC(C)[C@H]1C[C@H](C2CCCC2)CN1C. The van der Waals surface area contributed by atoms with Crippen molar-refractivity contribution in [2.24, 2.45) is 17.8 Å². The van der Waals surface area contributed by atoms with Crippen molar-refractivity contribution in [3.8, 4) is 0 Å². The molecule has 82 valence electrons. The molecule has 2 atom stereocenters. The Morgan fingerprint density at radius 1 is 1.07 bits per heavy atom. The first-order chi connectivity index (χ1) is 6.68. The lowest BCUT2D eigenvalue weighted by atomic mass is 9.87. The molecular weight excluding hydrogens is 170 g/mol. The molecule has 1 heteroatoms. The van der Waals surface area contributed by atoms with E-state index in [1.807, 2.05) is 0 Å². The molecule has 0 unspecified atom stereocenters. The lowest BCUT2D eigenvalue weighted by molar-refractivity contribution is 0.248. The van der Waals surface area contributed by atoms with Gasteiger partial charge in [0.05, 0.1) is 0 Å². The summed E-state index contributed by atoms with van der Waals surface area (Å²) in [6.45, 7) is 6.11. The van der Waals surface area contributed by atoms with Gasteiger partial charge in [-0.1, -0.05) is 39.5 Å². The van der Waals surface area contributed by atoms with E-state index in [1.165, 1.54) is 38.6 Å². The van der Waals surface area contributed by atoms with E-state index >= 15 is 0 Å². The van der Waals surface area contributed by atoms with Crippen LogP contribution in [-0.4, -0.2) is 24.5 Å². The molecule has 1 saturated heterocycles. The summed E-state index contributed by atoms with van der Waals surface area (Å²) in [5.74, 6) is 2.93. The van der Waals surface area contributed by atoms with Gasteiger partial charge in [-0.2, -0.15) is 0 Å². The van der Waals surface area contributed by atoms with E-state index in [2.05, 4.69) is 25.8 Å². The Balaban J connectivity index is 1.91. The van der Waals surface area contributed by atoms with Crippen LogP contribution < -0.4 is 0 Å². The molecule has 0 aromatic heterocycles. The Labute approximate surface area is 88.9 Å². The van der Waals surface area contributed by atoms with Gasteiger partial charge < -0.3 is 4.90 Å². The highest BCUT2D eigenvalue weighted by Gasteiger charge is 2.36. The third-order valence-corrected chi connectivity index (χ3v) is 4.47. The van der Waals surface area contributed by atoms with Crippen LogP contribution in [0.3, 0.4) is 0 Å². The summed E-state index contributed by atoms with van der Waals surface area (Å²) in [5.41, 5.74) is 0. The van der Waals surface area contributed by atoms with E-state index < -0.39 is 0 Å². The summed E-state index contributed by atoms with van der Waals surface area (Å²) in [7, 11) is 2.32. The van der Waals surface area contributed by atoms with E-state index in [4.69, 9.17) is 0 Å². The Morgan fingerprint density at radius 3 is 2.21 bits per heavy atom. The van der Waals surface area contributed by atoms with Crippen molar-refractivity contribution in [1.29, 1.82) is 0 Å². The van der Waals surface area contributed by atoms with Gasteiger partial charge in [0, 0.05) is 12.6 Å². The van der Waals surface area contributed by atoms with Gasteiger partial charge in [0.15, 0.2) is 0 Å². The van der Waals surface area contributed by atoms with Crippen LogP contribution in [0.25, 0.3) is 0 Å². The largest absolute Gasteiger partial charge is 0.303 e. The molecule has 2 rings (SSSR count). The summed E-state index contributed by atoms with van der Waals surface area (Å²) < 4.78 is 0. The Bertz CT molecular complexity index is 182. The smallest absolute Gasteiger partial charge is 0.0118 e. The van der Waals surface area contributed by atoms with Crippen LogP contribution >= 0.6 is 0 Å². The summed E-state index contributed by atoms with van der Waals surface area (Å²) in [6.07, 6.45) is 7.50. The van der Waals surface area contributed by atoms with Gasteiger partial charge in [0.2, 0.25) is 0 Å². The molecule has 0 aromatic rings. The van der Waals surface area contributed by atoms with Crippen molar-refractivity contribution in [2.75, 3.05) is 13.6 Å². The number of nitrogens with zero attached hydrogens (tertiary/aromatic N) is 1. The van der Waals surface area contributed by atoms with Crippen LogP contribution in [0.1, 0.15) is 46.0 Å². The minimum Gasteiger partial charge on any atom is -0.303 e. The van der Waals surface area contributed by atoms with Crippen LogP contribution in [0, 0.1) is 17.8 Å². The van der Waals surface area contributed by atoms with Gasteiger partial charge >= 0.3 is 0 Å². The van der Waals surface area contributed by atoms with E-state index in [0.29, 0.717) is 0 Å². The van der Waals surface area contributed by atoms with Crippen LogP contribution in [0.4, 0.5) is 0 Å². The molecule has 0 spiro atoms. The van der Waals surface area contributed by atoms with E-state index in [-0.39, 0.29) is 0 Å². The van der Waals surface area contributed by atoms with Gasteiger partial charge in [-0.15, -0.1) is 0 Å². The first kappa shape index (κ1) is 10.5. The zero-order chi connectivity index (χ0) is 10.1. The van der Waals surface area contributed by atoms with Crippen LogP contribution in [0.5, 0.6) is 0 Å². The fraction of sp³-hybridized carbons (Fsp3) is 1.00. The fourth-order valence-corrected chi connectivity index (χ4v) is 3.62. The molecular formula is C13H25N. The van der Waals surface area contributed by atoms with Crippen LogP contribution in [0.15, 0.2) is 0 Å². The lowest BCUT2D eigenvalue weighted by Gasteiger charge is -2.22. The summed E-state index contributed by atoms with van der Waals surface area (Å²) >= 11 is 0. The third kappa shape index (κ3) is 1.98. The molecule has 2 aliphatic rings. The maximum absolute atomic E-state index is 2.60. The minimum atomic E-state index is 0.839. The molecule has 0 radical (unpaired) electrons. The second-order valence-electron chi connectivity index (χ2n) is 5.79. The van der Waals surface area contributed by atoms with Gasteiger partial charge in [0.25, 0.3) is 0 Å². The molecule has 2 fully saturated rings. The quantitative estimate of drug-likeness (QED) is 0.654. The van der Waals surface area contributed by atoms with E-state index in [9.17, 15) is 0 Å². The van der Waals surface area contributed by atoms with Crippen LogP contribution in [-0.2, 0) is 0 Å². The highest BCUT2D eigenvalue weighted by Crippen LogP contribution is 2.39. The lowest BCUT2D eigenvalue weighted by Crippen LogP contribution is -2.29. The molecule has 1 aliphatic carbocycles. The van der Waals surface area contributed by atoms with Crippen molar-refractivity contribution in [3.05, 3.63) is 0 Å². The third-order valence-electron chi connectivity index (χ3n) is 4.47. The van der Waals surface area contributed by atoms with Crippen molar-refractivity contribution in [2.45, 2.75) is 52.0 Å². The summed E-state index contributed by atoms with van der Waals surface area (Å²) in [5, 5.41) is 0. The van der Waals surface area contributed by atoms with E-state index in [1.54, 1.807) is 0 Å². The second-order valence-corrected chi connectivity index (χ2v) is 5.79. The molecule has 1 saturated carbocycles. The first-order valence-electron chi connectivity index (χ1n) is 6.38. The molecule has 0 bridgehead atoms. The van der Waals surface area contributed by atoms with Gasteiger partial charge in [-0.3, -0.25) is 0 Å². The predicted octanol–water partition coefficient (Wildman–Crippen LogP) is 3.15. The fourth-order valence-electron chi connectivity index (χ4n) is 3.62. The zero-order valence-corrected chi connectivity index (χ0v) is 10.00. The Hall–Kier alpha value is -0.0400. The zero-order valence-electron chi connectivity index (χ0n) is 10.00. The summed E-state index contributed by atoms with van der Waals surface area (Å²) in [6, 6.07) is 0.862. The number of hydrogen-bond acceptors (Lipinski definition) is 1. The average Bonchev–Trinajstić information content (AvgIpc) is 2.70. The van der Waals surface area contributed by atoms with Gasteiger partial charge in [-0.25, -0.2) is 0 Å². The molecule has 1 nitrogen and oxygen atoms in total. The second kappa shape index (κ2) is 4.22. The minimum absolute atomic E-state index is 0.839. The maximum atomic E-state index is 2.60. The molecule has 0 aromatic carbocycles. The predicted molar refractivity (Wildman–Crippen MR) is 61.3 cm³/mol. The normalized spacial score (nSPS) is 36.0. The van der Waals surface area contributed by atoms with Crippen molar-refractivity contribution >= 4 is 0 Å². The molecule has 14 heavy (non-hydrogen) atoms. The van der Waals surface area contributed by atoms with Crippen molar-refractivity contribution in [1.82, 2.24) is 4.90 Å². The standard InChI is InChI=1S/C13H25N/c1-10(2)13-8-12(9-14(13)3)11-6-4-5-7-11/h10-13H,4-9H2,1-3H3/t12-,13+/m0/s1. The van der Waals surface area contributed by atoms with Gasteiger partial charge in [0.1, 0.15) is 0 Å². The highest BCUT2D eigenvalue weighted by atomic mass is 15.2. The van der Waals surface area contributed by atoms with Crippen molar-refractivity contribution < 1.29 is 0 Å². The number of likely N-dealkylation sites (tertiary alicyclic amines) is 1. The Kier molecular flexibility index (Phi) is 3.16. The maximum Gasteiger partial charge on any atom is 0.0118 e. The first-order valence-corrected chi connectivity index (χ1v) is 6.38. The monoisotopic (exact) mass is 195 g/mol. The summed E-state index contributed by atoms with van der Waals surface area (Å²) in [4.78, 5) is 2.60. The number of hydrogen-bond donors (Lipinski definition) is 0. The van der Waals surface area contributed by atoms with E-state index in [0.717, 1.165) is 23.8 Å². The molecule has 0 N–H and O–H groups in total. The molecule has 1 aliphatic heterocycles. The Morgan fingerprint density at radius 2 is 1.71 bits per heavy atom. The molecule has 0 amide bonds.